The van der Waals surface area contributed by atoms with Crippen LogP contribution in [0.5, 0.6) is 0 Å². The van der Waals surface area contributed by atoms with Gasteiger partial charge in [0.1, 0.15) is 0 Å². The van der Waals surface area contributed by atoms with Gasteiger partial charge in [0.25, 0.3) is 0 Å². The Morgan fingerprint density at radius 2 is 1.60 bits per heavy atom. The summed E-state index contributed by atoms with van der Waals surface area (Å²) < 4.78 is 37.3. The lowest BCUT2D eigenvalue weighted by Crippen LogP contribution is -2.43. The molecule has 2 aromatic carbocycles. The average molecular weight is 352 g/mol. The third kappa shape index (κ3) is 7.25. The maximum Gasteiger partial charge on any atom is 0.393 e. The van der Waals surface area contributed by atoms with Crippen molar-refractivity contribution in [2.45, 2.75) is 37.7 Å². The molecule has 0 aliphatic carbocycles. The van der Waals surface area contributed by atoms with Crippen LogP contribution in [-0.2, 0) is 19.4 Å². The van der Waals surface area contributed by atoms with Crippen LogP contribution in [0.4, 0.5) is 13.2 Å². The van der Waals surface area contributed by atoms with Gasteiger partial charge >= 0.3 is 6.18 Å². The molecule has 0 spiro atoms. The van der Waals surface area contributed by atoms with Crippen LogP contribution in [0, 0.1) is 0 Å². The van der Waals surface area contributed by atoms with E-state index in [-0.39, 0.29) is 12.1 Å². The minimum absolute atomic E-state index is 0.230. The molecule has 0 amide bonds. The first-order valence-electron chi connectivity index (χ1n) is 8.16. The SMILES string of the molecule is N[C@@H](Cc1ccccc1)[C@H](O)CNCc1cccc(CC(F)(F)F)c1. The van der Waals surface area contributed by atoms with E-state index in [9.17, 15) is 18.3 Å². The molecule has 2 rings (SSSR count). The third-order valence-electron chi connectivity index (χ3n) is 3.89. The fourth-order valence-corrected chi connectivity index (χ4v) is 2.62. The molecule has 3 nitrogen and oxygen atoms in total. The zero-order valence-corrected chi connectivity index (χ0v) is 13.8. The predicted octanol–water partition coefficient (Wildman–Crippen LogP) is 2.81. The summed E-state index contributed by atoms with van der Waals surface area (Å²) >= 11 is 0. The predicted molar refractivity (Wildman–Crippen MR) is 92.0 cm³/mol. The Morgan fingerprint density at radius 3 is 2.28 bits per heavy atom. The number of halogens is 3. The monoisotopic (exact) mass is 352 g/mol. The van der Waals surface area contributed by atoms with E-state index in [4.69, 9.17) is 5.73 Å². The van der Waals surface area contributed by atoms with Gasteiger partial charge in [-0.05, 0) is 23.1 Å². The summed E-state index contributed by atoms with van der Waals surface area (Å²) in [6.45, 7) is 0.651. The van der Waals surface area contributed by atoms with Gasteiger partial charge in [0.05, 0.1) is 12.5 Å². The van der Waals surface area contributed by atoms with Gasteiger partial charge in [-0.1, -0.05) is 54.6 Å². The molecule has 0 bridgehead atoms. The molecule has 2 aromatic rings. The number of alkyl halides is 3. The smallest absolute Gasteiger partial charge is 0.390 e. The van der Waals surface area contributed by atoms with E-state index >= 15 is 0 Å². The van der Waals surface area contributed by atoms with E-state index in [0.29, 0.717) is 13.0 Å². The third-order valence-corrected chi connectivity index (χ3v) is 3.89. The van der Waals surface area contributed by atoms with E-state index in [0.717, 1.165) is 11.1 Å². The Labute approximate surface area is 145 Å². The van der Waals surface area contributed by atoms with E-state index in [1.165, 1.54) is 12.1 Å². The summed E-state index contributed by atoms with van der Waals surface area (Å²) in [7, 11) is 0. The molecule has 25 heavy (non-hydrogen) atoms. The van der Waals surface area contributed by atoms with Crippen molar-refractivity contribution < 1.29 is 18.3 Å². The maximum atomic E-state index is 12.4. The lowest BCUT2D eigenvalue weighted by Gasteiger charge is -2.19. The number of rotatable bonds is 8. The Hall–Kier alpha value is -1.89. The summed E-state index contributed by atoms with van der Waals surface area (Å²) in [5.41, 5.74) is 8.03. The van der Waals surface area contributed by atoms with Crippen molar-refractivity contribution in [2.75, 3.05) is 6.54 Å². The fourth-order valence-electron chi connectivity index (χ4n) is 2.62. The van der Waals surface area contributed by atoms with Crippen molar-refractivity contribution in [3.05, 3.63) is 71.3 Å². The van der Waals surface area contributed by atoms with Gasteiger partial charge in [0.2, 0.25) is 0 Å². The molecule has 0 fully saturated rings. The zero-order chi connectivity index (χ0) is 18.3. The number of nitrogens with one attached hydrogen (secondary N) is 1. The average Bonchev–Trinajstić information content (AvgIpc) is 2.54. The van der Waals surface area contributed by atoms with E-state index < -0.39 is 24.7 Å². The number of benzene rings is 2. The Bertz CT molecular complexity index is 647. The summed E-state index contributed by atoms with van der Waals surface area (Å²) in [4.78, 5) is 0. The topological polar surface area (TPSA) is 58.3 Å². The van der Waals surface area contributed by atoms with Crippen LogP contribution in [0.2, 0.25) is 0 Å². The van der Waals surface area contributed by atoms with Crippen LogP contribution < -0.4 is 11.1 Å². The molecule has 2 atom stereocenters. The summed E-state index contributed by atoms with van der Waals surface area (Å²) in [5, 5.41) is 13.2. The van der Waals surface area contributed by atoms with Crippen LogP contribution in [0.15, 0.2) is 54.6 Å². The number of nitrogens with two attached hydrogens (primary N) is 1. The Balaban J connectivity index is 1.79. The van der Waals surface area contributed by atoms with Crippen LogP contribution >= 0.6 is 0 Å². The molecule has 0 aromatic heterocycles. The van der Waals surface area contributed by atoms with Crippen molar-refractivity contribution in [2.24, 2.45) is 5.73 Å². The van der Waals surface area contributed by atoms with E-state index in [2.05, 4.69) is 5.32 Å². The molecule has 0 saturated heterocycles. The lowest BCUT2D eigenvalue weighted by molar-refractivity contribution is -0.127. The first-order chi connectivity index (χ1) is 11.8. The van der Waals surface area contributed by atoms with Crippen molar-refractivity contribution in [3.63, 3.8) is 0 Å². The second-order valence-corrected chi connectivity index (χ2v) is 6.16. The minimum Gasteiger partial charge on any atom is -0.390 e. The molecule has 0 aliphatic heterocycles. The van der Waals surface area contributed by atoms with Crippen molar-refractivity contribution in [3.8, 4) is 0 Å². The largest absolute Gasteiger partial charge is 0.393 e. The molecular weight excluding hydrogens is 329 g/mol. The highest BCUT2D eigenvalue weighted by molar-refractivity contribution is 5.24. The molecular formula is C19H23F3N2O. The quantitative estimate of drug-likeness (QED) is 0.685. The van der Waals surface area contributed by atoms with Crippen LogP contribution in [0.25, 0.3) is 0 Å². The summed E-state index contributed by atoms with van der Waals surface area (Å²) in [6.07, 6.45) is -5.33. The van der Waals surface area contributed by atoms with Gasteiger partial charge in [0.15, 0.2) is 0 Å². The Morgan fingerprint density at radius 1 is 0.960 bits per heavy atom. The van der Waals surface area contributed by atoms with Gasteiger partial charge in [-0.15, -0.1) is 0 Å². The second kappa shape index (κ2) is 8.99. The first kappa shape index (κ1) is 19.4. The van der Waals surface area contributed by atoms with Gasteiger partial charge in [0, 0.05) is 19.1 Å². The van der Waals surface area contributed by atoms with Crippen molar-refractivity contribution >= 4 is 0 Å². The molecule has 0 heterocycles. The Kier molecular flexibility index (Phi) is 6.99. The number of hydrogen-bond acceptors (Lipinski definition) is 3. The van der Waals surface area contributed by atoms with Gasteiger partial charge in [-0.2, -0.15) is 13.2 Å². The van der Waals surface area contributed by atoms with Gasteiger partial charge in [-0.25, -0.2) is 0 Å². The standard InChI is InChI=1S/C19H23F3N2O/c20-19(21,22)11-15-7-4-8-16(9-15)12-24-13-18(25)17(23)10-14-5-2-1-3-6-14/h1-9,17-18,24-25H,10-13,23H2/t17-,18+/m0/s1. The van der Waals surface area contributed by atoms with Gasteiger partial charge in [-0.3, -0.25) is 0 Å². The highest BCUT2D eigenvalue weighted by atomic mass is 19.4. The second-order valence-electron chi connectivity index (χ2n) is 6.16. The molecule has 6 heteroatoms. The lowest BCUT2D eigenvalue weighted by atomic mass is 10.0. The van der Waals surface area contributed by atoms with Crippen molar-refractivity contribution in [1.82, 2.24) is 5.32 Å². The molecule has 0 saturated carbocycles. The molecule has 0 unspecified atom stereocenters. The van der Waals surface area contributed by atoms with Gasteiger partial charge < -0.3 is 16.2 Å². The fraction of sp³-hybridized carbons (Fsp3) is 0.368. The van der Waals surface area contributed by atoms with E-state index in [1.807, 2.05) is 30.3 Å². The maximum absolute atomic E-state index is 12.4. The number of hydrogen-bond donors (Lipinski definition) is 3. The molecule has 0 aliphatic rings. The molecule has 4 N–H and O–H groups in total. The van der Waals surface area contributed by atoms with Crippen LogP contribution in [-0.4, -0.2) is 30.0 Å². The summed E-state index contributed by atoms with van der Waals surface area (Å²) in [5.74, 6) is 0. The van der Waals surface area contributed by atoms with Crippen molar-refractivity contribution in [1.29, 1.82) is 0 Å². The van der Waals surface area contributed by atoms with Crippen LogP contribution in [0.3, 0.4) is 0 Å². The summed E-state index contributed by atoms with van der Waals surface area (Å²) in [6, 6.07) is 15.6. The van der Waals surface area contributed by atoms with E-state index in [1.54, 1.807) is 12.1 Å². The first-order valence-corrected chi connectivity index (χ1v) is 8.16. The minimum atomic E-state index is -4.22. The zero-order valence-electron chi connectivity index (χ0n) is 13.8. The highest BCUT2D eigenvalue weighted by Gasteiger charge is 2.27. The molecule has 0 radical (unpaired) electrons. The number of aliphatic hydroxyl groups excluding tert-OH is 1. The molecule has 136 valence electrons. The normalized spacial score (nSPS) is 14.3. The highest BCUT2D eigenvalue weighted by Crippen LogP contribution is 2.21. The van der Waals surface area contributed by atoms with Crippen LogP contribution in [0.1, 0.15) is 16.7 Å². The number of aliphatic hydroxyl groups is 1.